The maximum absolute atomic E-state index is 6.05. The molecular weight excluding hydrogens is 238 g/mol. The van der Waals surface area contributed by atoms with Crippen LogP contribution >= 0.6 is 11.6 Å². The minimum atomic E-state index is 0.445. The summed E-state index contributed by atoms with van der Waals surface area (Å²) in [7, 11) is 0. The first-order chi connectivity index (χ1) is 8.29. The Balaban J connectivity index is 1.81. The number of halogens is 1. The van der Waals surface area contributed by atoms with Crippen molar-refractivity contribution in [2.24, 2.45) is 5.73 Å². The van der Waals surface area contributed by atoms with Crippen LogP contribution in [0.3, 0.4) is 0 Å². The van der Waals surface area contributed by atoms with Crippen LogP contribution in [0.1, 0.15) is 18.4 Å². The molecule has 94 valence electrons. The summed E-state index contributed by atoms with van der Waals surface area (Å²) in [5.41, 5.74) is 6.42. The minimum absolute atomic E-state index is 0.445. The number of pyridine rings is 1. The molecule has 0 atom stereocenters. The number of rotatable bonds is 5. The molecule has 17 heavy (non-hydrogen) atoms. The molecule has 1 aromatic heterocycles. The zero-order valence-electron chi connectivity index (χ0n) is 9.86. The third kappa shape index (κ3) is 3.56. The largest absolute Gasteiger partial charge is 0.475 e. The average Bonchev–Trinajstić information content (AvgIpc) is 2.84. The summed E-state index contributed by atoms with van der Waals surface area (Å²) in [6, 6.07) is 1.81. The van der Waals surface area contributed by atoms with Crippen molar-refractivity contribution >= 4 is 11.6 Å². The highest BCUT2D eigenvalue weighted by Gasteiger charge is 2.11. The Labute approximate surface area is 107 Å². The second-order valence-electron chi connectivity index (χ2n) is 4.23. The van der Waals surface area contributed by atoms with Crippen LogP contribution < -0.4 is 10.5 Å². The van der Waals surface area contributed by atoms with Crippen molar-refractivity contribution in [3.8, 4) is 5.88 Å². The zero-order chi connectivity index (χ0) is 12.1. The van der Waals surface area contributed by atoms with Gasteiger partial charge in [0.05, 0.1) is 0 Å². The van der Waals surface area contributed by atoms with Gasteiger partial charge in [-0.15, -0.1) is 0 Å². The molecule has 1 aliphatic rings. The van der Waals surface area contributed by atoms with Gasteiger partial charge in [-0.2, -0.15) is 0 Å². The Morgan fingerprint density at radius 1 is 1.41 bits per heavy atom. The van der Waals surface area contributed by atoms with E-state index in [4.69, 9.17) is 22.1 Å². The molecule has 0 radical (unpaired) electrons. The van der Waals surface area contributed by atoms with Crippen LogP contribution in [0.5, 0.6) is 5.88 Å². The number of aromatic nitrogens is 1. The van der Waals surface area contributed by atoms with Gasteiger partial charge in [0.25, 0.3) is 0 Å². The predicted octanol–water partition coefficient (Wildman–Crippen LogP) is 1.67. The van der Waals surface area contributed by atoms with Crippen molar-refractivity contribution in [3.05, 3.63) is 22.8 Å². The van der Waals surface area contributed by atoms with E-state index in [2.05, 4.69) is 9.88 Å². The van der Waals surface area contributed by atoms with Gasteiger partial charge in [-0.25, -0.2) is 4.98 Å². The number of nitrogens with zero attached hydrogens (tertiary/aromatic N) is 2. The number of nitrogens with two attached hydrogens (primary N) is 1. The fourth-order valence-corrected chi connectivity index (χ4v) is 2.20. The second-order valence-corrected chi connectivity index (χ2v) is 4.64. The molecule has 0 saturated carbocycles. The van der Waals surface area contributed by atoms with E-state index in [1.54, 1.807) is 12.3 Å². The summed E-state index contributed by atoms with van der Waals surface area (Å²) in [4.78, 5) is 6.55. The predicted molar refractivity (Wildman–Crippen MR) is 68.3 cm³/mol. The Bertz CT molecular complexity index is 367. The van der Waals surface area contributed by atoms with E-state index in [0.29, 0.717) is 24.1 Å². The van der Waals surface area contributed by atoms with Gasteiger partial charge in [-0.05, 0) is 37.6 Å². The fraction of sp³-hybridized carbons (Fsp3) is 0.583. The third-order valence-electron chi connectivity index (χ3n) is 2.94. The van der Waals surface area contributed by atoms with Crippen LogP contribution in [-0.2, 0) is 6.54 Å². The maximum Gasteiger partial charge on any atom is 0.232 e. The van der Waals surface area contributed by atoms with Crippen molar-refractivity contribution in [1.82, 2.24) is 9.88 Å². The highest BCUT2D eigenvalue weighted by atomic mass is 35.5. The van der Waals surface area contributed by atoms with E-state index in [0.717, 1.165) is 12.1 Å². The van der Waals surface area contributed by atoms with Gasteiger partial charge in [0.1, 0.15) is 11.6 Å². The Morgan fingerprint density at radius 3 is 2.82 bits per heavy atom. The Kier molecular flexibility index (Phi) is 4.59. The number of hydrogen-bond donors (Lipinski definition) is 1. The van der Waals surface area contributed by atoms with Crippen LogP contribution in [0.4, 0.5) is 0 Å². The standard InChI is InChI=1S/C12H18ClN3O/c13-11-7-10(8-14)9-15-12(11)17-6-5-16-3-1-2-4-16/h7,9H,1-6,8,14H2. The van der Waals surface area contributed by atoms with Gasteiger partial charge in [0.15, 0.2) is 0 Å². The molecule has 0 bridgehead atoms. The normalized spacial score (nSPS) is 16.4. The molecule has 5 heteroatoms. The molecule has 2 rings (SSSR count). The van der Waals surface area contributed by atoms with Crippen molar-refractivity contribution in [2.75, 3.05) is 26.2 Å². The van der Waals surface area contributed by atoms with Crippen LogP contribution in [0.25, 0.3) is 0 Å². The molecule has 0 amide bonds. The highest BCUT2D eigenvalue weighted by molar-refractivity contribution is 6.31. The highest BCUT2D eigenvalue weighted by Crippen LogP contribution is 2.22. The number of hydrogen-bond acceptors (Lipinski definition) is 4. The van der Waals surface area contributed by atoms with Crippen molar-refractivity contribution in [3.63, 3.8) is 0 Å². The van der Waals surface area contributed by atoms with E-state index in [1.165, 1.54) is 25.9 Å². The lowest BCUT2D eigenvalue weighted by Crippen LogP contribution is -2.25. The smallest absolute Gasteiger partial charge is 0.232 e. The minimum Gasteiger partial charge on any atom is -0.475 e. The van der Waals surface area contributed by atoms with E-state index in [9.17, 15) is 0 Å². The van der Waals surface area contributed by atoms with E-state index in [-0.39, 0.29) is 0 Å². The summed E-state index contributed by atoms with van der Waals surface area (Å²) in [6.07, 6.45) is 4.30. The van der Waals surface area contributed by atoms with Gasteiger partial charge < -0.3 is 10.5 Å². The molecule has 0 unspecified atom stereocenters. The molecule has 1 aromatic rings. The lowest BCUT2D eigenvalue weighted by Gasteiger charge is -2.15. The molecule has 2 N–H and O–H groups in total. The van der Waals surface area contributed by atoms with Crippen molar-refractivity contribution in [2.45, 2.75) is 19.4 Å². The quantitative estimate of drug-likeness (QED) is 0.870. The Hall–Kier alpha value is -0.840. The SMILES string of the molecule is NCc1cnc(OCCN2CCCC2)c(Cl)c1. The van der Waals surface area contributed by atoms with Gasteiger partial charge in [0.2, 0.25) is 5.88 Å². The average molecular weight is 256 g/mol. The summed E-state index contributed by atoms with van der Waals surface area (Å²) in [5, 5.41) is 0.536. The molecule has 0 aliphatic carbocycles. The third-order valence-corrected chi connectivity index (χ3v) is 3.22. The number of ether oxygens (including phenoxy) is 1. The van der Waals surface area contributed by atoms with E-state index in [1.807, 2.05) is 0 Å². The first kappa shape index (κ1) is 12.6. The van der Waals surface area contributed by atoms with Crippen molar-refractivity contribution < 1.29 is 4.74 Å². The molecule has 0 spiro atoms. The summed E-state index contributed by atoms with van der Waals surface area (Å²) in [5.74, 6) is 0.503. The molecular formula is C12H18ClN3O. The fourth-order valence-electron chi connectivity index (χ4n) is 1.96. The van der Waals surface area contributed by atoms with Crippen molar-refractivity contribution in [1.29, 1.82) is 0 Å². The summed E-state index contributed by atoms with van der Waals surface area (Å²) < 4.78 is 5.57. The zero-order valence-corrected chi connectivity index (χ0v) is 10.6. The molecule has 0 aromatic carbocycles. The lowest BCUT2D eigenvalue weighted by atomic mass is 10.3. The van der Waals surface area contributed by atoms with Crippen LogP contribution in [0.15, 0.2) is 12.3 Å². The lowest BCUT2D eigenvalue weighted by molar-refractivity contribution is 0.232. The molecule has 1 fully saturated rings. The van der Waals surface area contributed by atoms with Crippen LogP contribution in [-0.4, -0.2) is 36.1 Å². The first-order valence-electron chi connectivity index (χ1n) is 5.99. The molecule has 2 heterocycles. The summed E-state index contributed by atoms with van der Waals surface area (Å²) in [6.45, 7) is 4.37. The monoisotopic (exact) mass is 255 g/mol. The second kappa shape index (κ2) is 6.19. The molecule has 1 aliphatic heterocycles. The van der Waals surface area contributed by atoms with Gasteiger partial charge in [-0.3, -0.25) is 4.90 Å². The van der Waals surface area contributed by atoms with E-state index >= 15 is 0 Å². The topological polar surface area (TPSA) is 51.4 Å². The maximum atomic E-state index is 6.05. The van der Waals surface area contributed by atoms with Gasteiger partial charge in [0, 0.05) is 19.3 Å². The van der Waals surface area contributed by atoms with Crippen LogP contribution in [0, 0.1) is 0 Å². The van der Waals surface area contributed by atoms with E-state index < -0.39 is 0 Å². The van der Waals surface area contributed by atoms with Gasteiger partial charge in [-0.1, -0.05) is 11.6 Å². The number of likely N-dealkylation sites (tertiary alicyclic amines) is 1. The first-order valence-corrected chi connectivity index (χ1v) is 6.37. The molecule has 1 saturated heterocycles. The summed E-state index contributed by atoms with van der Waals surface area (Å²) >= 11 is 6.05. The molecule has 4 nitrogen and oxygen atoms in total. The van der Waals surface area contributed by atoms with Crippen LogP contribution in [0.2, 0.25) is 5.02 Å². The Morgan fingerprint density at radius 2 is 2.18 bits per heavy atom. The van der Waals surface area contributed by atoms with Gasteiger partial charge >= 0.3 is 0 Å².